The van der Waals surface area contributed by atoms with E-state index in [1.807, 2.05) is 11.9 Å². The summed E-state index contributed by atoms with van der Waals surface area (Å²) in [6.07, 6.45) is 47.7. The molecule has 2 aliphatic rings. The first-order valence-corrected chi connectivity index (χ1v) is 21.0. The van der Waals surface area contributed by atoms with E-state index >= 15 is 0 Å². The maximum absolute atomic E-state index is 10.9. The van der Waals surface area contributed by atoms with Gasteiger partial charge < -0.3 is 24.6 Å². The molecule has 2 heterocycles. The Hall–Kier alpha value is -1.24. The second-order valence-corrected chi connectivity index (χ2v) is 15.1. The number of hydrogen-bond acceptors (Lipinski definition) is 5. The molecule has 5 heteroatoms. The predicted octanol–water partition coefficient (Wildman–Crippen LogP) is 11.5. The predicted molar refractivity (Wildman–Crippen MR) is 210 cm³/mol. The number of fused-ring (bicyclic) bond motifs is 1. The van der Waals surface area contributed by atoms with Gasteiger partial charge in [-0.3, -0.25) is 0 Å². The van der Waals surface area contributed by atoms with Crippen LogP contribution in [0.1, 0.15) is 181 Å². The van der Waals surface area contributed by atoms with Gasteiger partial charge in [0.2, 0.25) is 0 Å². The summed E-state index contributed by atoms with van der Waals surface area (Å²) in [7, 11) is 1.94. The van der Waals surface area contributed by atoms with Crippen molar-refractivity contribution in [2.75, 3.05) is 20.1 Å². The van der Waals surface area contributed by atoms with Crippen molar-refractivity contribution in [1.82, 2.24) is 4.90 Å². The number of likely N-dealkylation sites (tertiary alicyclic amines) is 1. The third kappa shape index (κ3) is 21.0. The standard InChI is InChI=1S/C44H79NO4/c1-4-6-8-10-12-14-16-18-20-22-24-26-28-30-32-34-36-44(48-42-40(46)38-45(3)39-41(47)43(42)49-44)37-35-33-31-29-27-25-23-21-19-17-15-13-11-9-7-5-2/h12-15,18-21,40-43,46-47H,4-11,16-17,22-39H2,1-3H3/t40?,41?,42-,43+,44?. The van der Waals surface area contributed by atoms with Crippen LogP contribution in [0.4, 0.5) is 0 Å². The molecule has 2 fully saturated rings. The van der Waals surface area contributed by atoms with E-state index in [4.69, 9.17) is 9.47 Å². The number of nitrogens with zero attached hydrogens (tertiary/aromatic N) is 1. The molecule has 2 aliphatic heterocycles. The lowest BCUT2D eigenvalue weighted by Crippen LogP contribution is -2.41. The highest BCUT2D eigenvalue weighted by Crippen LogP contribution is 2.41. The molecular weight excluding hydrogens is 606 g/mol. The zero-order valence-corrected chi connectivity index (χ0v) is 32.4. The van der Waals surface area contributed by atoms with Crippen molar-refractivity contribution in [3.05, 3.63) is 48.6 Å². The highest BCUT2D eigenvalue weighted by Gasteiger charge is 2.53. The average Bonchev–Trinajstić information content (AvgIpc) is 3.44. The van der Waals surface area contributed by atoms with Gasteiger partial charge in [-0.1, -0.05) is 140 Å². The van der Waals surface area contributed by atoms with E-state index < -0.39 is 30.2 Å². The number of rotatable bonds is 30. The highest BCUT2D eigenvalue weighted by atomic mass is 16.8. The molecule has 5 nitrogen and oxygen atoms in total. The molecule has 2 unspecified atom stereocenters. The van der Waals surface area contributed by atoms with Crippen LogP contribution in [-0.4, -0.2) is 65.5 Å². The minimum atomic E-state index is -0.669. The number of ether oxygens (including phenoxy) is 2. The Labute approximate surface area is 303 Å². The zero-order chi connectivity index (χ0) is 35.3. The minimum Gasteiger partial charge on any atom is -0.389 e. The van der Waals surface area contributed by atoms with E-state index in [0.717, 1.165) is 38.5 Å². The van der Waals surface area contributed by atoms with E-state index in [-0.39, 0.29) is 0 Å². The summed E-state index contributed by atoms with van der Waals surface area (Å²) in [6.45, 7) is 5.53. The summed E-state index contributed by atoms with van der Waals surface area (Å²) in [4.78, 5) is 1.98. The maximum atomic E-state index is 10.9. The first-order chi connectivity index (χ1) is 24.0. The van der Waals surface area contributed by atoms with Crippen LogP contribution in [0, 0.1) is 0 Å². The Morgan fingerprint density at radius 2 is 0.816 bits per heavy atom. The van der Waals surface area contributed by atoms with Crippen molar-refractivity contribution in [1.29, 1.82) is 0 Å². The Morgan fingerprint density at radius 3 is 1.18 bits per heavy atom. The molecule has 2 N–H and O–H groups in total. The molecule has 0 aromatic heterocycles. The smallest absolute Gasteiger partial charge is 0.169 e. The molecule has 0 saturated carbocycles. The normalized spacial score (nSPS) is 25.1. The zero-order valence-electron chi connectivity index (χ0n) is 32.4. The molecule has 4 atom stereocenters. The van der Waals surface area contributed by atoms with Gasteiger partial charge in [0, 0.05) is 25.9 Å². The lowest BCUT2D eigenvalue weighted by molar-refractivity contribution is -0.201. The maximum Gasteiger partial charge on any atom is 0.169 e. The van der Waals surface area contributed by atoms with Crippen LogP contribution in [0.25, 0.3) is 0 Å². The van der Waals surface area contributed by atoms with Crippen LogP contribution in [0.5, 0.6) is 0 Å². The second-order valence-electron chi connectivity index (χ2n) is 15.1. The third-order valence-corrected chi connectivity index (χ3v) is 10.3. The van der Waals surface area contributed by atoms with Gasteiger partial charge in [-0.25, -0.2) is 0 Å². The molecule has 0 aromatic rings. The average molecular weight is 686 g/mol. The summed E-state index contributed by atoms with van der Waals surface area (Å²) < 4.78 is 13.3. The Bertz CT molecular complexity index is 812. The minimum absolute atomic E-state index is 0.450. The van der Waals surface area contributed by atoms with Gasteiger partial charge in [0.1, 0.15) is 12.2 Å². The van der Waals surface area contributed by atoms with Gasteiger partial charge in [0.25, 0.3) is 0 Å². The summed E-state index contributed by atoms with van der Waals surface area (Å²) in [5.41, 5.74) is 0. The van der Waals surface area contributed by atoms with Crippen LogP contribution in [0.2, 0.25) is 0 Å². The van der Waals surface area contributed by atoms with Crippen molar-refractivity contribution in [2.24, 2.45) is 0 Å². The van der Waals surface area contributed by atoms with Gasteiger partial charge in [0.15, 0.2) is 5.79 Å². The number of β-amino-alcohol motifs (C(OH)–C–C–N with tert-alkyl or cyclic N) is 2. The highest BCUT2D eigenvalue weighted by molar-refractivity contribution is 4.97. The fourth-order valence-corrected chi connectivity index (χ4v) is 7.30. The quantitative estimate of drug-likeness (QED) is 0.0582. The molecule has 0 aliphatic carbocycles. The molecule has 284 valence electrons. The molecule has 49 heavy (non-hydrogen) atoms. The Kier molecular flexibility index (Phi) is 26.3. The van der Waals surface area contributed by atoms with Gasteiger partial charge in [-0.15, -0.1) is 0 Å². The fraction of sp³-hybridized carbons (Fsp3) is 0.818. The number of allylic oxidation sites excluding steroid dienone is 8. The van der Waals surface area contributed by atoms with Crippen LogP contribution in [-0.2, 0) is 9.47 Å². The Balaban J connectivity index is 1.64. The van der Waals surface area contributed by atoms with E-state index in [0.29, 0.717) is 13.1 Å². The van der Waals surface area contributed by atoms with Crippen molar-refractivity contribution in [2.45, 2.75) is 211 Å². The first-order valence-electron chi connectivity index (χ1n) is 21.0. The molecule has 2 saturated heterocycles. The van der Waals surface area contributed by atoms with Crippen LogP contribution >= 0.6 is 0 Å². The lowest BCUT2D eigenvalue weighted by Gasteiger charge is -2.30. The largest absolute Gasteiger partial charge is 0.389 e. The van der Waals surface area contributed by atoms with E-state index in [1.54, 1.807) is 0 Å². The summed E-state index contributed by atoms with van der Waals surface area (Å²) in [5, 5.41) is 21.9. The number of likely N-dealkylation sites (N-methyl/N-ethyl adjacent to an activating group) is 1. The van der Waals surface area contributed by atoms with Crippen LogP contribution in [0.3, 0.4) is 0 Å². The molecule has 0 aromatic carbocycles. The number of aliphatic hydroxyl groups is 2. The first kappa shape index (κ1) is 43.9. The fourth-order valence-electron chi connectivity index (χ4n) is 7.30. The lowest BCUT2D eigenvalue weighted by atomic mass is 9.98. The van der Waals surface area contributed by atoms with Crippen LogP contribution in [0.15, 0.2) is 48.6 Å². The topological polar surface area (TPSA) is 62.2 Å². The van der Waals surface area contributed by atoms with Gasteiger partial charge >= 0.3 is 0 Å². The van der Waals surface area contributed by atoms with Crippen molar-refractivity contribution < 1.29 is 19.7 Å². The van der Waals surface area contributed by atoms with Crippen molar-refractivity contribution in [3.8, 4) is 0 Å². The number of unbranched alkanes of at least 4 members (excludes halogenated alkanes) is 18. The van der Waals surface area contributed by atoms with Crippen molar-refractivity contribution >= 4 is 0 Å². The van der Waals surface area contributed by atoms with E-state index in [2.05, 4.69) is 62.5 Å². The van der Waals surface area contributed by atoms with E-state index in [1.165, 1.54) is 128 Å². The molecule has 0 radical (unpaired) electrons. The third-order valence-electron chi connectivity index (χ3n) is 10.3. The van der Waals surface area contributed by atoms with Gasteiger partial charge in [0.05, 0.1) is 12.2 Å². The molecule has 0 bridgehead atoms. The summed E-state index contributed by atoms with van der Waals surface area (Å²) in [6, 6.07) is 0. The SMILES string of the molecule is CCCCCC=CCC=CCCCCCCCCC1(CCCCCCCCC=CCC=CCCCCC)O[C@@H]2C(O)CN(C)CC(O)[C@@H]2O1. The van der Waals surface area contributed by atoms with E-state index in [9.17, 15) is 10.2 Å². The summed E-state index contributed by atoms with van der Waals surface area (Å²) >= 11 is 0. The molecule has 0 amide bonds. The number of aliphatic hydroxyl groups excluding tert-OH is 2. The molecular formula is C44H79NO4. The van der Waals surface area contributed by atoms with Gasteiger partial charge in [-0.2, -0.15) is 0 Å². The number of hydrogen-bond donors (Lipinski definition) is 2. The summed E-state index contributed by atoms with van der Waals surface area (Å²) in [5.74, 6) is -0.669. The Morgan fingerprint density at radius 1 is 0.490 bits per heavy atom. The van der Waals surface area contributed by atoms with Crippen LogP contribution < -0.4 is 0 Å². The molecule has 2 rings (SSSR count). The monoisotopic (exact) mass is 686 g/mol. The molecule has 0 spiro atoms. The van der Waals surface area contributed by atoms with Gasteiger partial charge in [-0.05, 0) is 84.1 Å². The second kappa shape index (κ2) is 29.3. The van der Waals surface area contributed by atoms with Crippen molar-refractivity contribution in [3.63, 3.8) is 0 Å².